The van der Waals surface area contributed by atoms with Crippen LogP contribution in [0, 0.1) is 12.7 Å². The summed E-state index contributed by atoms with van der Waals surface area (Å²) in [6, 6.07) is 8.26. The summed E-state index contributed by atoms with van der Waals surface area (Å²) in [6.07, 6.45) is 2.52. The van der Waals surface area contributed by atoms with E-state index in [-0.39, 0.29) is 12.5 Å². The molecule has 2 aromatic heterocycles. The van der Waals surface area contributed by atoms with Crippen LogP contribution in [0.25, 0.3) is 0 Å². The number of likely N-dealkylation sites (N-methyl/N-ethyl adjacent to an activating group) is 1. The number of carbonyl (C=O) groups is 1. The van der Waals surface area contributed by atoms with Crippen LogP contribution in [0.3, 0.4) is 0 Å². The summed E-state index contributed by atoms with van der Waals surface area (Å²) in [5.41, 5.74) is 0.0842. The van der Waals surface area contributed by atoms with Crippen LogP contribution in [0.1, 0.15) is 29.0 Å². The molecule has 138 valence electrons. The lowest BCUT2D eigenvalue weighted by Crippen LogP contribution is -2.55. The van der Waals surface area contributed by atoms with Crippen molar-refractivity contribution in [3.05, 3.63) is 53.7 Å². The van der Waals surface area contributed by atoms with E-state index >= 15 is 0 Å². The molecule has 1 amide bonds. The minimum absolute atomic E-state index is 0.194. The predicted octanol–water partition coefficient (Wildman–Crippen LogP) is 2.03. The molecule has 1 aliphatic rings. The molecule has 0 radical (unpaired) electrons. The van der Waals surface area contributed by atoms with Gasteiger partial charge in [-0.15, -0.1) is 0 Å². The van der Waals surface area contributed by atoms with Gasteiger partial charge in [-0.1, -0.05) is 6.07 Å². The van der Waals surface area contributed by atoms with Crippen LogP contribution in [-0.4, -0.2) is 58.2 Å². The molecule has 7 heteroatoms. The molecule has 2 aromatic rings. The van der Waals surface area contributed by atoms with Crippen LogP contribution in [0.15, 0.2) is 36.5 Å². The van der Waals surface area contributed by atoms with Gasteiger partial charge in [-0.05, 0) is 44.0 Å². The van der Waals surface area contributed by atoms with Gasteiger partial charge in [0, 0.05) is 25.8 Å². The van der Waals surface area contributed by atoms with Crippen LogP contribution in [0.5, 0.6) is 0 Å². The fourth-order valence-corrected chi connectivity index (χ4v) is 3.36. The van der Waals surface area contributed by atoms with E-state index in [0.717, 1.165) is 18.7 Å². The molecule has 1 N–H and O–H groups in total. The molecule has 1 aliphatic heterocycles. The molecular formula is C19H23FN4O2. The molecule has 6 nitrogen and oxygen atoms in total. The molecule has 1 saturated heterocycles. The molecule has 3 rings (SSSR count). The van der Waals surface area contributed by atoms with Crippen molar-refractivity contribution in [2.75, 3.05) is 31.6 Å². The zero-order valence-corrected chi connectivity index (χ0v) is 15.0. The van der Waals surface area contributed by atoms with E-state index in [1.165, 1.54) is 17.2 Å². The summed E-state index contributed by atoms with van der Waals surface area (Å²) in [5, 5.41) is 11.0. The maximum atomic E-state index is 13.1. The summed E-state index contributed by atoms with van der Waals surface area (Å²) in [7, 11) is 1.67. The fraction of sp³-hybridized carbons (Fsp3) is 0.421. The lowest BCUT2D eigenvalue weighted by molar-refractivity contribution is -0.000282. The van der Waals surface area contributed by atoms with Crippen molar-refractivity contribution < 1.29 is 14.3 Å². The minimum atomic E-state index is -1.05. The third-order valence-corrected chi connectivity index (χ3v) is 4.58. The second-order valence-corrected chi connectivity index (χ2v) is 6.91. The number of anilines is 1. The van der Waals surface area contributed by atoms with Gasteiger partial charge in [0.15, 0.2) is 0 Å². The number of carbonyl (C=O) groups excluding carboxylic acids is 1. The average molecular weight is 358 g/mol. The maximum Gasteiger partial charge on any atom is 0.272 e. The van der Waals surface area contributed by atoms with Crippen LogP contribution < -0.4 is 4.90 Å². The van der Waals surface area contributed by atoms with E-state index in [2.05, 4.69) is 9.97 Å². The van der Waals surface area contributed by atoms with Crippen LogP contribution >= 0.6 is 0 Å². The summed E-state index contributed by atoms with van der Waals surface area (Å²) < 4.78 is 13.1. The Morgan fingerprint density at radius 1 is 1.38 bits per heavy atom. The molecule has 1 atom stereocenters. The quantitative estimate of drug-likeness (QED) is 0.906. The number of nitrogens with zero attached hydrogens (tertiary/aromatic N) is 4. The average Bonchev–Trinajstić information content (AvgIpc) is 2.61. The summed E-state index contributed by atoms with van der Waals surface area (Å²) in [4.78, 5) is 24.4. The smallest absolute Gasteiger partial charge is 0.272 e. The number of pyridine rings is 2. The Labute approximate surface area is 152 Å². The van der Waals surface area contributed by atoms with Crippen molar-refractivity contribution in [3.8, 4) is 0 Å². The lowest BCUT2D eigenvalue weighted by atomic mass is 9.92. The highest BCUT2D eigenvalue weighted by atomic mass is 19.1. The molecule has 26 heavy (non-hydrogen) atoms. The molecule has 1 fully saturated rings. The van der Waals surface area contributed by atoms with Gasteiger partial charge < -0.3 is 14.9 Å². The Morgan fingerprint density at radius 2 is 2.19 bits per heavy atom. The number of piperidine rings is 1. The largest absolute Gasteiger partial charge is 0.386 e. The zero-order valence-electron chi connectivity index (χ0n) is 15.0. The van der Waals surface area contributed by atoms with Crippen LogP contribution in [-0.2, 0) is 0 Å². The normalized spacial score (nSPS) is 20.1. The number of β-amino-alcohol motifs (C(OH)–C–C–N with tert-alkyl or cyclic N) is 1. The molecule has 0 spiro atoms. The van der Waals surface area contributed by atoms with Gasteiger partial charge in [0.2, 0.25) is 0 Å². The SMILES string of the molecule is Cc1cccc(C(=O)N(C)CC2(O)CCCN(c3ccc(F)cn3)C2)n1. The number of halogens is 1. The van der Waals surface area contributed by atoms with Crippen molar-refractivity contribution >= 4 is 11.7 Å². The first kappa shape index (κ1) is 18.3. The number of aromatic nitrogens is 2. The standard InChI is InChI=1S/C19H23FN4O2/c1-14-5-3-6-16(22-14)18(25)23(2)12-19(26)9-4-10-24(13-19)17-8-7-15(20)11-21-17/h3,5-8,11,26H,4,9-10,12-13H2,1-2H3. The summed E-state index contributed by atoms with van der Waals surface area (Å²) >= 11 is 0. The van der Waals surface area contributed by atoms with E-state index in [0.29, 0.717) is 24.5 Å². The van der Waals surface area contributed by atoms with Crippen LogP contribution in [0.2, 0.25) is 0 Å². The first-order chi connectivity index (χ1) is 12.4. The third-order valence-electron chi connectivity index (χ3n) is 4.58. The number of aryl methyl sites for hydroxylation is 1. The summed E-state index contributed by atoms with van der Waals surface area (Å²) in [6.45, 7) is 3.10. The Bertz CT molecular complexity index is 783. The van der Waals surface area contributed by atoms with Crippen molar-refractivity contribution in [2.24, 2.45) is 0 Å². The van der Waals surface area contributed by atoms with Gasteiger partial charge in [0.25, 0.3) is 5.91 Å². The summed E-state index contributed by atoms with van der Waals surface area (Å²) in [5.74, 6) is 0.00927. The molecule has 0 aromatic carbocycles. The number of hydrogen-bond acceptors (Lipinski definition) is 5. The van der Waals surface area contributed by atoms with E-state index in [1.54, 1.807) is 25.2 Å². The Balaban J connectivity index is 1.69. The minimum Gasteiger partial charge on any atom is -0.386 e. The number of rotatable bonds is 4. The Hall–Kier alpha value is -2.54. The van der Waals surface area contributed by atoms with E-state index in [1.807, 2.05) is 17.9 Å². The van der Waals surface area contributed by atoms with Crippen molar-refractivity contribution in [1.82, 2.24) is 14.9 Å². The lowest BCUT2D eigenvalue weighted by Gasteiger charge is -2.41. The zero-order chi connectivity index (χ0) is 18.7. The molecule has 0 saturated carbocycles. The predicted molar refractivity (Wildman–Crippen MR) is 96.5 cm³/mol. The molecule has 0 bridgehead atoms. The topological polar surface area (TPSA) is 69.6 Å². The first-order valence-electron chi connectivity index (χ1n) is 8.64. The highest BCUT2D eigenvalue weighted by Gasteiger charge is 2.36. The van der Waals surface area contributed by atoms with Gasteiger partial charge in [-0.3, -0.25) is 4.79 Å². The first-order valence-corrected chi connectivity index (χ1v) is 8.64. The molecule has 3 heterocycles. The van der Waals surface area contributed by atoms with Crippen LogP contribution in [0.4, 0.5) is 10.2 Å². The van der Waals surface area contributed by atoms with Gasteiger partial charge in [-0.2, -0.15) is 0 Å². The highest BCUT2D eigenvalue weighted by molar-refractivity contribution is 5.92. The maximum absolute atomic E-state index is 13.1. The van der Waals surface area contributed by atoms with E-state index < -0.39 is 11.4 Å². The second-order valence-electron chi connectivity index (χ2n) is 6.91. The van der Waals surface area contributed by atoms with Gasteiger partial charge in [0.1, 0.15) is 17.3 Å². The number of aliphatic hydroxyl groups is 1. The van der Waals surface area contributed by atoms with E-state index in [9.17, 15) is 14.3 Å². The second kappa shape index (κ2) is 7.37. The monoisotopic (exact) mass is 358 g/mol. The fourth-order valence-electron chi connectivity index (χ4n) is 3.36. The van der Waals surface area contributed by atoms with Gasteiger partial charge in [-0.25, -0.2) is 14.4 Å². The van der Waals surface area contributed by atoms with Crippen molar-refractivity contribution in [3.63, 3.8) is 0 Å². The Kier molecular flexibility index (Phi) is 5.18. The highest BCUT2D eigenvalue weighted by Crippen LogP contribution is 2.26. The molecule has 1 unspecified atom stereocenters. The van der Waals surface area contributed by atoms with Gasteiger partial charge in [0.05, 0.1) is 18.3 Å². The number of hydrogen-bond donors (Lipinski definition) is 1. The molecular weight excluding hydrogens is 335 g/mol. The van der Waals surface area contributed by atoms with E-state index in [4.69, 9.17) is 0 Å². The molecule has 0 aliphatic carbocycles. The third kappa shape index (κ3) is 4.16. The Morgan fingerprint density at radius 3 is 2.88 bits per heavy atom. The van der Waals surface area contributed by atoms with Gasteiger partial charge >= 0.3 is 0 Å². The number of amides is 1. The van der Waals surface area contributed by atoms with Crippen molar-refractivity contribution in [2.45, 2.75) is 25.4 Å². The van der Waals surface area contributed by atoms with Crippen molar-refractivity contribution in [1.29, 1.82) is 0 Å².